The summed E-state index contributed by atoms with van der Waals surface area (Å²) in [4.78, 5) is 11.0. The summed E-state index contributed by atoms with van der Waals surface area (Å²) in [7, 11) is 1.72. The second kappa shape index (κ2) is 4.48. The molecule has 0 aliphatic heterocycles. The molecule has 2 rings (SSSR count). The van der Waals surface area contributed by atoms with Crippen LogP contribution in [0.15, 0.2) is 24.3 Å². The minimum absolute atomic E-state index is 0.00949. The van der Waals surface area contributed by atoms with E-state index in [1.54, 1.807) is 17.8 Å². The Morgan fingerprint density at radius 1 is 1.44 bits per heavy atom. The summed E-state index contributed by atoms with van der Waals surface area (Å²) in [5.74, 6) is -1.02. The summed E-state index contributed by atoms with van der Waals surface area (Å²) in [6.07, 6.45) is 0. The zero-order valence-corrected chi connectivity index (χ0v) is 9.94. The van der Waals surface area contributed by atoms with Crippen LogP contribution in [0.25, 0.3) is 0 Å². The van der Waals surface area contributed by atoms with Gasteiger partial charge in [-0.25, -0.2) is 9.18 Å². The molecule has 1 aromatic carbocycles. The van der Waals surface area contributed by atoms with Gasteiger partial charge in [-0.15, -0.1) is 0 Å². The van der Waals surface area contributed by atoms with Crippen molar-refractivity contribution in [2.45, 2.75) is 6.92 Å². The quantitative estimate of drug-likeness (QED) is 0.875. The smallest absolute Gasteiger partial charge is 0.337 e. The highest BCUT2D eigenvalue weighted by molar-refractivity contribution is 5.95. The number of benzene rings is 1. The number of rotatable bonds is 3. The molecule has 2 aromatic rings. The van der Waals surface area contributed by atoms with Crippen molar-refractivity contribution in [1.82, 2.24) is 9.78 Å². The molecule has 0 bridgehead atoms. The molecule has 6 heteroatoms. The first-order valence-electron chi connectivity index (χ1n) is 5.28. The number of aryl methyl sites for hydroxylation is 2. The molecule has 18 heavy (non-hydrogen) atoms. The van der Waals surface area contributed by atoms with E-state index in [9.17, 15) is 9.18 Å². The summed E-state index contributed by atoms with van der Waals surface area (Å²) in [5.41, 5.74) is 0.994. The summed E-state index contributed by atoms with van der Waals surface area (Å²) in [6, 6.07) is 5.23. The van der Waals surface area contributed by atoms with Gasteiger partial charge in [0.15, 0.2) is 0 Å². The maximum Gasteiger partial charge on any atom is 0.337 e. The molecule has 0 saturated heterocycles. The minimum Gasteiger partial charge on any atom is -0.478 e. The van der Waals surface area contributed by atoms with Gasteiger partial charge in [-0.1, -0.05) is 0 Å². The first kappa shape index (κ1) is 12.1. The average Bonchev–Trinajstić information content (AvgIpc) is 2.57. The molecular weight excluding hydrogens is 237 g/mol. The number of aromatic nitrogens is 2. The van der Waals surface area contributed by atoms with Crippen molar-refractivity contribution in [3.63, 3.8) is 0 Å². The molecule has 0 radical (unpaired) electrons. The molecule has 1 aromatic heterocycles. The predicted octanol–water partition coefficient (Wildman–Crippen LogP) is 2.31. The van der Waals surface area contributed by atoms with Crippen molar-refractivity contribution in [1.29, 1.82) is 0 Å². The zero-order chi connectivity index (χ0) is 13.3. The Bertz CT molecular complexity index is 607. The summed E-state index contributed by atoms with van der Waals surface area (Å²) < 4.78 is 14.7. The fourth-order valence-electron chi connectivity index (χ4n) is 1.67. The Kier molecular flexibility index (Phi) is 3.01. The van der Waals surface area contributed by atoms with E-state index >= 15 is 0 Å². The summed E-state index contributed by atoms with van der Waals surface area (Å²) in [5, 5.41) is 16.0. The van der Waals surface area contributed by atoms with E-state index in [1.807, 2.05) is 6.92 Å². The SMILES string of the molecule is Cc1cc(Nc2cc(F)ccc2C(=O)O)n(C)n1. The van der Waals surface area contributed by atoms with Crippen molar-refractivity contribution >= 4 is 17.5 Å². The topological polar surface area (TPSA) is 67.2 Å². The van der Waals surface area contributed by atoms with Crippen molar-refractivity contribution < 1.29 is 14.3 Å². The summed E-state index contributed by atoms with van der Waals surface area (Å²) in [6.45, 7) is 1.81. The predicted molar refractivity (Wildman–Crippen MR) is 64.6 cm³/mol. The Labute approximate surface area is 103 Å². The molecule has 0 atom stereocenters. The standard InChI is InChI=1S/C12H12FN3O2/c1-7-5-11(16(2)15-7)14-10-6-8(13)3-4-9(10)12(17)18/h3-6,14H,1-2H3,(H,17,18). The summed E-state index contributed by atoms with van der Waals surface area (Å²) >= 11 is 0. The number of carboxylic acids is 1. The van der Waals surface area contributed by atoms with Crippen molar-refractivity contribution in [3.8, 4) is 0 Å². The first-order chi connectivity index (χ1) is 8.47. The first-order valence-corrected chi connectivity index (χ1v) is 5.28. The third kappa shape index (κ3) is 2.32. The minimum atomic E-state index is -1.11. The van der Waals surface area contributed by atoms with Gasteiger partial charge in [0.1, 0.15) is 11.6 Å². The lowest BCUT2D eigenvalue weighted by Gasteiger charge is -2.09. The third-order valence-electron chi connectivity index (χ3n) is 2.48. The highest BCUT2D eigenvalue weighted by Crippen LogP contribution is 2.22. The molecule has 2 N–H and O–H groups in total. The van der Waals surface area contributed by atoms with E-state index in [0.29, 0.717) is 5.82 Å². The van der Waals surface area contributed by atoms with Gasteiger partial charge >= 0.3 is 5.97 Å². The van der Waals surface area contributed by atoms with Gasteiger partial charge in [0.2, 0.25) is 0 Å². The molecule has 0 amide bonds. The van der Waals surface area contributed by atoms with Crippen LogP contribution >= 0.6 is 0 Å². The third-order valence-corrected chi connectivity index (χ3v) is 2.48. The molecule has 94 valence electrons. The normalized spacial score (nSPS) is 10.4. The van der Waals surface area contributed by atoms with Crippen LogP contribution in [0.2, 0.25) is 0 Å². The fourth-order valence-corrected chi connectivity index (χ4v) is 1.67. The van der Waals surface area contributed by atoms with Crippen molar-refractivity contribution in [3.05, 3.63) is 41.3 Å². The second-order valence-electron chi connectivity index (χ2n) is 3.91. The van der Waals surface area contributed by atoms with Crippen LogP contribution in [0, 0.1) is 12.7 Å². The number of anilines is 2. The Balaban J connectivity index is 2.42. The Hall–Kier alpha value is -2.37. The van der Waals surface area contributed by atoms with Crippen LogP contribution in [0.1, 0.15) is 16.1 Å². The maximum absolute atomic E-state index is 13.2. The van der Waals surface area contributed by atoms with Crippen LogP contribution in [-0.2, 0) is 7.05 Å². The van der Waals surface area contributed by atoms with Gasteiger partial charge < -0.3 is 10.4 Å². The van der Waals surface area contributed by atoms with E-state index in [1.165, 1.54) is 6.07 Å². The van der Waals surface area contributed by atoms with E-state index in [2.05, 4.69) is 10.4 Å². The van der Waals surface area contributed by atoms with Crippen molar-refractivity contribution in [2.24, 2.45) is 7.05 Å². The van der Waals surface area contributed by atoms with Crippen LogP contribution in [0.4, 0.5) is 15.9 Å². The Morgan fingerprint density at radius 3 is 2.72 bits per heavy atom. The molecule has 0 aliphatic carbocycles. The lowest BCUT2D eigenvalue weighted by Crippen LogP contribution is -2.05. The molecule has 0 aliphatic rings. The molecule has 0 unspecified atom stereocenters. The molecule has 0 fully saturated rings. The molecule has 0 spiro atoms. The van der Waals surface area contributed by atoms with E-state index < -0.39 is 11.8 Å². The molecule has 0 saturated carbocycles. The van der Waals surface area contributed by atoms with E-state index in [0.717, 1.165) is 17.8 Å². The molecule has 5 nitrogen and oxygen atoms in total. The highest BCUT2D eigenvalue weighted by Gasteiger charge is 2.12. The lowest BCUT2D eigenvalue weighted by molar-refractivity contribution is 0.0698. The number of nitrogens with zero attached hydrogens (tertiary/aromatic N) is 2. The van der Waals surface area contributed by atoms with Crippen LogP contribution < -0.4 is 5.32 Å². The van der Waals surface area contributed by atoms with Gasteiger partial charge in [-0.05, 0) is 25.1 Å². The number of aromatic carboxylic acids is 1. The lowest BCUT2D eigenvalue weighted by atomic mass is 10.1. The second-order valence-corrected chi connectivity index (χ2v) is 3.91. The van der Waals surface area contributed by atoms with Crippen LogP contribution in [0.3, 0.4) is 0 Å². The van der Waals surface area contributed by atoms with E-state index in [4.69, 9.17) is 5.11 Å². The molecular formula is C12H12FN3O2. The van der Waals surface area contributed by atoms with E-state index in [-0.39, 0.29) is 11.3 Å². The number of hydrogen-bond acceptors (Lipinski definition) is 3. The number of nitrogens with one attached hydrogen (secondary N) is 1. The van der Waals surface area contributed by atoms with Gasteiger partial charge in [0.05, 0.1) is 16.9 Å². The average molecular weight is 249 g/mol. The number of carboxylic acid groups (broad SMARTS) is 1. The van der Waals surface area contributed by atoms with Crippen LogP contribution in [0.5, 0.6) is 0 Å². The highest BCUT2D eigenvalue weighted by atomic mass is 19.1. The van der Waals surface area contributed by atoms with Gasteiger partial charge in [0.25, 0.3) is 0 Å². The van der Waals surface area contributed by atoms with Crippen LogP contribution in [-0.4, -0.2) is 20.9 Å². The van der Waals surface area contributed by atoms with Gasteiger partial charge in [-0.2, -0.15) is 5.10 Å². The largest absolute Gasteiger partial charge is 0.478 e. The zero-order valence-electron chi connectivity index (χ0n) is 9.94. The monoisotopic (exact) mass is 249 g/mol. The fraction of sp³-hybridized carbons (Fsp3) is 0.167. The van der Waals surface area contributed by atoms with Gasteiger partial charge in [-0.3, -0.25) is 4.68 Å². The van der Waals surface area contributed by atoms with Crippen molar-refractivity contribution in [2.75, 3.05) is 5.32 Å². The Morgan fingerprint density at radius 2 is 2.17 bits per heavy atom. The number of carbonyl (C=O) groups is 1. The maximum atomic E-state index is 13.2. The number of halogens is 1. The molecule has 1 heterocycles. The number of hydrogen-bond donors (Lipinski definition) is 2. The van der Waals surface area contributed by atoms with Gasteiger partial charge in [0, 0.05) is 13.1 Å².